The molecule has 1 amide bonds. The molecule has 1 aliphatic heterocycles. The molecule has 31 heavy (non-hydrogen) atoms. The van der Waals surface area contributed by atoms with Gasteiger partial charge in [0, 0.05) is 23.1 Å². The number of benzene rings is 2. The Bertz CT molecular complexity index is 987. The first kappa shape index (κ1) is 22.9. The highest BCUT2D eigenvalue weighted by atomic mass is 79.9. The normalized spacial score (nSPS) is 18.5. The van der Waals surface area contributed by atoms with Gasteiger partial charge >= 0.3 is 0 Å². The number of likely N-dealkylation sites (tertiary alicyclic amines) is 1. The van der Waals surface area contributed by atoms with Gasteiger partial charge < -0.3 is 14.5 Å². The highest BCUT2D eigenvalue weighted by molar-refractivity contribution is 9.10. The number of hydrogen-bond acceptors (Lipinski definition) is 5. The molecule has 1 aliphatic rings. The Balaban J connectivity index is 1.96. The molecule has 0 bridgehead atoms. The number of carbonyl (C=O) groups excluding carboxylic acids is 3. The quantitative estimate of drug-likeness (QED) is 0.235. The van der Waals surface area contributed by atoms with Gasteiger partial charge in [-0.1, -0.05) is 40.7 Å². The van der Waals surface area contributed by atoms with Gasteiger partial charge in [-0.3, -0.25) is 14.4 Å². The van der Waals surface area contributed by atoms with Crippen molar-refractivity contribution in [2.45, 2.75) is 6.04 Å². The third-order valence-electron chi connectivity index (χ3n) is 5.17. The van der Waals surface area contributed by atoms with Crippen LogP contribution in [0.1, 0.15) is 22.0 Å². The molecule has 0 radical (unpaired) electrons. The van der Waals surface area contributed by atoms with Gasteiger partial charge in [0.15, 0.2) is 5.78 Å². The van der Waals surface area contributed by atoms with Gasteiger partial charge in [0.05, 0.1) is 6.04 Å². The molecule has 6 nitrogen and oxygen atoms in total. The van der Waals surface area contributed by atoms with E-state index >= 15 is 0 Å². The number of hydrogen-bond donors (Lipinski definition) is 0. The van der Waals surface area contributed by atoms with Crippen molar-refractivity contribution in [3.63, 3.8) is 0 Å². The lowest BCUT2D eigenvalue weighted by atomic mass is 9.86. The summed E-state index contributed by atoms with van der Waals surface area (Å²) in [7, 11) is 3.80. The van der Waals surface area contributed by atoms with Crippen molar-refractivity contribution in [2.24, 2.45) is 5.92 Å². The van der Waals surface area contributed by atoms with Gasteiger partial charge in [-0.25, -0.2) is 0 Å². The van der Waals surface area contributed by atoms with Crippen LogP contribution in [0.5, 0.6) is 5.75 Å². The zero-order chi connectivity index (χ0) is 22.5. The van der Waals surface area contributed by atoms with E-state index in [4.69, 9.17) is 4.74 Å². The van der Waals surface area contributed by atoms with E-state index in [0.29, 0.717) is 31.0 Å². The van der Waals surface area contributed by atoms with Crippen LogP contribution in [0.25, 0.3) is 0 Å². The summed E-state index contributed by atoms with van der Waals surface area (Å²) in [6.07, 6.45) is 1.63. The first-order valence-electron chi connectivity index (χ1n) is 9.96. The number of halogens is 1. The second-order valence-electron chi connectivity index (χ2n) is 7.63. The maximum absolute atomic E-state index is 13.4. The summed E-state index contributed by atoms with van der Waals surface area (Å²) in [5, 5.41) is 0. The number of Topliss-reactive ketones (excluding diaryl/α,β-unsaturated/α-hetero) is 2. The Morgan fingerprint density at radius 3 is 2.52 bits per heavy atom. The number of nitrogens with zero attached hydrogens (tertiary/aromatic N) is 2. The Hall–Kier alpha value is -2.77. The van der Waals surface area contributed by atoms with Crippen molar-refractivity contribution in [2.75, 3.05) is 33.8 Å². The Morgan fingerprint density at radius 2 is 1.90 bits per heavy atom. The van der Waals surface area contributed by atoms with Crippen LogP contribution in [-0.2, 0) is 9.59 Å². The zero-order valence-electron chi connectivity index (χ0n) is 17.6. The molecular formula is C24H25BrN2O4. The smallest absolute Gasteiger partial charge is 0.291 e. The molecular weight excluding hydrogens is 460 g/mol. The molecule has 3 rings (SSSR count). The highest BCUT2D eigenvalue weighted by Gasteiger charge is 2.51. The van der Waals surface area contributed by atoms with Crippen molar-refractivity contribution in [1.82, 2.24) is 9.80 Å². The second-order valence-corrected chi connectivity index (χ2v) is 8.55. The minimum Gasteiger partial charge on any atom is -0.490 e. The molecule has 7 heteroatoms. The van der Waals surface area contributed by atoms with Crippen LogP contribution in [-0.4, -0.2) is 61.1 Å². The number of likely N-dealkylation sites (N-methyl/N-ethyl adjacent to an activating group) is 1. The Labute approximate surface area is 190 Å². The minimum absolute atomic E-state index is 0.354. The van der Waals surface area contributed by atoms with E-state index in [1.165, 1.54) is 4.90 Å². The molecule has 2 atom stereocenters. The van der Waals surface area contributed by atoms with Gasteiger partial charge in [-0.2, -0.15) is 0 Å². The molecule has 2 aromatic carbocycles. The molecule has 1 heterocycles. The van der Waals surface area contributed by atoms with Crippen molar-refractivity contribution in [3.8, 4) is 5.75 Å². The average molecular weight is 485 g/mol. The average Bonchev–Trinajstić information content (AvgIpc) is 3.01. The number of carbonyl (C=O) groups is 3. The Morgan fingerprint density at radius 1 is 1.19 bits per heavy atom. The molecule has 0 aliphatic carbocycles. The van der Waals surface area contributed by atoms with Crippen LogP contribution in [0.3, 0.4) is 0 Å². The minimum atomic E-state index is -1.09. The number of rotatable bonds is 9. The van der Waals surface area contributed by atoms with Crippen molar-refractivity contribution >= 4 is 33.4 Å². The molecule has 2 aromatic rings. The number of ether oxygens (including phenoxy) is 1. The SMILES string of the molecule is C=CCOc1ccc(C(=O)C2C(=O)C(=O)N(CCN(C)C)C2c2cccc(Br)c2)cc1. The molecule has 1 saturated heterocycles. The molecule has 2 unspecified atom stereocenters. The van der Waals surface area contributed by atoms with Crippen molar-refractivity contribution in [3.05, 3.63) is 76.8 Å². The van der Waals surface area contributed by atoms with Crippen LogP contribution in [0.4, 0.5) is 0 Å². The maximum atomic E-state index is 13.4. The van der Waals surface area contributed by atoms with Crippen molar-refractivity contribution in [1.29, 1.82) is 0 Å². The molecule has 162 valence electrons. The summed E-state index contributed by atoms with van der Waals surface area (Å²) >= 11 is 3.45. The lowest BCUT2D eigenvalue weighted by Gasteiger charge is -2.28. The lowest BCUT2D eigenvalue weighted by molar-refractivity contribution is -0.140. The summed E-state index contributed by atoms with van der Waals surface area (Å²) in [6.45, 7) is 4.90. The molecule has 0 aromatic heterocycles. The number of ketones is 2. The van der Waals surface area contributed by atoms with Gasteiger partial charge in [-0.05, 0) is 56.1 Å². The van der Waals surface area contributed by atoms with E-state index in [-0.39, 0.29) is 5.78 Å². The zero-order valence-corrected chi connectivity index (χ0v) is 19.2. The summed E-state index contributed by atoms with van der Waals surface area (Å²) < 4.78 is 6.28. The van der Waals surface area contributed by atoms with E-state index in [1.807, 2.05) is 43.3 Å². The summed E-state index contributed by atoms with van der Waals surface area (Å²) in [5.41, 5.74) is 1.11. The molecule has 0 spiro atoms. The molecule has 0 saturated carbocycles. The van der Waals surface area contributed by atoms with Gasteiger partial charge in [0.1, 0.15) is 18.3 Å². The third kappa shape index (κ3) is 5.11. The standard InChI is InChI=1S/C24H25BrN2O4/c1-4-14-31-19-10-8-16(9-11-19)22(28)20-21(17-6-5-7-18(25)15-17)27(13-12-26(2)3)24(30)23(20)29/h4-11,15,20-21H,1,12-14H2,2-3H3. The Kier molecular flexibility index (Phi) is 7.41. The summed E-state index contributed by atoms with van der Waals surface area (Å²) in [5.74, 6) is -2.15. The third-order valence-corrected chi connectivity index (χ3v) is 5.67. The molecule has 0 N–H and O–H groups in total. The van der Waals surface area contributed by atoms with E-state index < -0.39 is 23.7 Å². The lowest BCUT2D eigenvalue weighted by Crippen LogP contribution is -2.36. The van der Waals surface area contributed by atoms with Crippen LogP contribution in [0.15, 0.2) is 65.7 Å². The van der Waals surface area contributed by atoms with E-state index in [0.717, 1.165) is 10.0 Å². The fraction of sp³-hybridized carbons (Fsp3) is 0.292. The first-order valence-corrected chi connectivity index (χ1v) is 10.8. The van der Waals surface area contributed by atoms with Crippen LogP contribution in [0, 0.1) is 5.92 Å². The summed E-state index contributed by atoms with van der Waals surface area (Å²) in [6, 6.07) is 13.3. The van der Waals surface area contributed by atoms with E-state index in [1.54, 1.807) is 30.3 Å². The van der Waals surface area contributed by atoms with Gasteiger partial charge in [0.2, 0.25) is 5.78 Å². The van der Waals surface area contributed by atoms with E-state index in [9.17, 15) is 14.4 Å². The number of amides is 1. The van der Waals surface area contributed by atoms with Crippen LogP contribution < -0.4 is 4.74 Å². The molecule has 1 fully saturated rings. The van der Waals surface area contributed by atoms with E-state index in [2.05, 4.69) is 22.5 Å². The fourth-order valence-electron chi connectivity index (χ4n) is 3.65. The van der Waals surface area contributed by atoms with Crippen LogP contribution in [0.2, 0.25) is 0 Å². The topological polar surface area (TPSA) is 66.9 Å². The fourth-order valence-corrected chi connectivity index (χ4v) is 4.07. The highest BCUT2D eigenvalue weighted by Crippen LogP contribution is 2.39. The van der Waals surface area contributed by atoms with Crippen molar-refractivity contribution < 1.29 is 19.1 Å². The second kappa shape index (κ2) is 10.0. The maximum Gasteiger partial charge on any atom is 0.291 e. The van der Waals surface area contributed by atoms with Gasteiger partial charge in [-0.15, -0.1) is 0 Å². The summed E-state index contributed by atoms with van der Waals surface area (Å²) in [4.78, 5) is 42.7. The first-order chi connectivity index (χ1) is 14.8. The predicted octanol–water partition coefficient (Wildman–Crippen LogP) is 3.53. The largest absolute Gasteiger partial charge is 0.490 e. The monoisotopic (exact) mass is 484 g/mol. The van der Waals surface area contributed by atoms with Crippen LogP contribution >= 0.6 is 15.9 Å². The van der Waals surface area contributed by atoms with Gasteiger partial charge in [0.25, 0.3) is 5.91 Å². The predicted molar refractivity (Wildman–Crippen MR) is 122 cm³/mol.